The van der Waals surface area contributed by atoms with E-state index in [-0.39, 0.29) is 36.2 Å². The maximum absolute atomic E-state index is 14.4. The van der Waals surface area contributed by atoms with Gasteiger partial charge in [0.2, 0.25) is 0 Å². The van der Waals surface area contributed by atoms with E-state index in [0.717, 1.165) is 90.3 Å². The molecule has 360 valence electrons. The Labute approximate surface area is 412 Å². The lowest BCUT2D eigenvalue weighted by Crippen LogP contribution is -2.24. The topological polar surface area (TPSA) is 154 Å². The molecular weight excluding hydrogens is 921 g/mol. The average molecular weight is 967 g/mol. The quantitative estimate of drug-likeness (QED) is 0.110. The van der Waals surface area contributed by atoms with Crippen LogP contribution in [-0.4, -0.2) is 21.8 Å². The Morgan fingerprint density at radius 2 is 0.833 bits per heavy atom. The molecule has 72 heavy (non-hydrogen) atoms. The van der Waals surface area contributed by atoms with Gasteiger partial charge in [-0.15, -0.1) is 0 Å². The predicted molar refractivity (Wildman–Crippen MR) is 265 cm³/mol. The molecule has 10 nitrogen and oxygen atoms in total. The zero-order valence-corrected chi connectivity index (χ0v) is 39.5. The lowest BCUT2D eigenvalue weighted by atomic mass is 9.83. The second-order valence-corrected chi connectivity index (χ2v) is 18.6. The first-order valence-electron chi connectivity index (χ1n) is 23.4. The maximum atomic E-state index is 14.4. The highest BCUT2D eigenvalue weighted by atomic mass is 19.1. The molecule has 6 heterocycles. The van der Waals surface area contributed by atoms with Crippen LogP contribution in [0.15, 0.2) is 121 Å². The number of carbonyl (C=O) groups excluding carboxylic acids is 2. The summed E-state index contributed by atoms with van der Waals surface area (Å²) in [4.78, 5) is 34.5. The lowest BCUT2D eigenvalue weighted by molar-refractivity contribution is 0.0856. The Hall–Kier alpha value is -8.20. The summed E-state index contributed by atoms with van der Waals surface area (Å²) in [5.74, 6) is -1.89. The molecule has 14 heteroatoms. The fraction of sp³-hybridized carbons (Fsp3) is 0.172. The molecule has 0 aliphatic carbocycles. The molecule has 4 bridgehead atoms. The minimum Gasteiger partial charge on any atom is -0.384 e. The number of hydrogen-bond acceptors (Lipinski definition) is 8. The number of pyridine rings is 2. The molecule has 6 aromatic carbocycles. The second-order valence-electron chi connectivity index (χ2n) is 18.6. The first-order chi connectivity index (χ1) is 34.6. The molecule has 4 atom stereocenters. The highest BCUT2D eigenvalue weighted by Gasteiger charge is 2.44. The van der Waals surface area contributed by atoms with Gasteiger partial charge in [-0.1, -0.05) is 36.4 Å². The summed E-state index contributed by atoms with van der Waals surface area (Å²) >= 11 is 0. The second kappa shape index (κ2) is 17.9. The predicted octanol–water partition coefficient (Wildman–Crippen LogP) is 11.4. The van der Waals surface area contributed by atoms with Gasteiger partial charge in [-0.05, 0) is 178 Å². The van der Waals surface area contributed by atoms with Gasteiger partial charge in [-0.3, -0.25) is 9.59 Å². The number of amides is 2. The van der Waals surface area contributed by atoms with Gasteiger partial charge in [-0.2, -0.15) is 0 Å². The number of benzene rings is 6. The van der Waals surface area contributed by atoms with Crippen molar-refractivity contribution in [2.75, 3.05) is 11.5 Å². The summed E-state index contributed by atoms with van der Waals surface area (Å²) in [6, 6.07) is 33.3. The Balaban J connectivity index is 0.000000156. The summed E-state index contributed by atoms with van der Waals surface area (Å²) in [6.45, 7) is 8.34. The molecule has 12 rings (SSSR count). The van der Waals surface area contributed by atoms with Crippen LogP contribution in [0.5, 0.6) is 0 Å². The van der Waals surface area contributed by atoms with Crippen molar-refractivity contribution in [3.63, 3.8) is 0 Å². The van der Waals surface area contributed by atoms with Crippen LogP contribution in [0.3, 0.4) is 0 Å². The number of anilines is 2. The third kappa shape index (κ3) is 8.11. The molecule has 2 aromatic heterocycles. The van der Waals surface area contributed by atoms with E-state index in [0.29, 0.717) is 58.1 Å². The van der Waals surface area contributed by atoms with Crippen molar-refractivity contribution in [3.8, 4) is 22.3 Å². The van der Waals surface area contributed by atoms with E-state index >= 15 is 0 Å². The number of nitrogen functional groups attached to an aromatic ring is 2. The fourth-order valence-electron chi connectivity index (χ4n) is 10.6. The Morgan fingerprint density at radius 3 is 1.22 bits per heavy atom. The molecule has 0 spiro atoms. The molecule has 6 N–H and O–H groups in total. The Morgan fingerprint density at radius 1 is 0.472 bits per heavy atom. The van der Waals surface area contributed by atoms with Gasteiger partial charge >= 0.3 is 0 Å². The van der Waals surface area contributed by atoms with Crippen LogP contribution in [0.2, 0.25) is 0 Å². The summed E-state index contributed by atoms with van der Waals surface area (Å²) in [5, 5.41) is 5.96. The lowest BCUT2D eigenvalue weighted by Gasteiger charge is -2.18. The molecular formula is C58H46F4N6O4. The SMILES string of the molecule is Cc1cc(N)nc(C)c1CNC(=O)c1ccc2c(c1)C1OC2c2cc(-c3ccc(F)cc3F)ccc21.Cc1cc(N)nc(C)c1CNC(=O)c1ccc2c(c1)C1OC2c2ccc(-c3ccc(F)cc3F)cc21. The van der Waals surface area contributed by atoms with Gasteiger partial charge in [0.05, 0.1) is 0 Å². The van der Waals surface area contributed by atoms with Crippen LogP contribution in [0, 0.1) is 51.0 Å². The van der Waals surface area contributed by atoms with E-state index in [1.54, 1.807) is 24.3 Å². The Kier molecular flexibility index (Phi) is 11.5. The zero-order chi connectivity index (χ0) is 50.3. The van der Waals surface area contributed by atoms with Gasteiger partial charge in [0.25, 0.3) is 11.8 Å². The van der Waals surface area contributed by atoms with Crippen molar-refractivity contribution in [1.29, 1.82) is 0 Å². The van der Waals surface area contributed by atoms with E-state index in [4.69, 9.17) is 20.9 Å². The van der Waals surface area contributed by atoms with Crippen LogP contribution in [0.25, 0.3) is 22.3 Å². The normalized spacial score (nSPS) is 17.1. The van der Waals surface area contributed by atoms with Crippen molar-refractivity contribution in [1.82, 2.24) is 20.6 Å². The van der Waals surface area contributed by atoms with Gasteiger partial charge < -0.3 is 31.6 Å². The number of aromatic nitrogens is 2. The standard InChI is InChI=1S/2C29H23F2N3O2/c1-14-9-26(32)34-15(2)24(14)13-33-29(35)17-4-7-21-23(11-17)28-20-6-3-16(10-22(20)27(21)36-28)19-8-5-18(30)12-25(19)31;1-14-9-26(32)34-15(2)24(14)13-33-29(35)17-4-7-21-23(11-17)28-22-10-16(3-6-20(22)27(21)36-28)19-8-5-18(30)12-25(19)31/h2*3-12,27-28H,13H2,1-2H3,(H2,32,34)(H,33,35). The van der Waals surface area contributed by atoms with Crippen LogP contribution >= 0.6 is 0 Å². The molecule has 8 aromatic rings. The molecule has 2 amide bonds. The molecule has 0 fully saturated rings. The largest absolute Gasteiger partial charge is 0.384 e. The summed E-state index contributed by atoms with van der Waals surface area (Å²) in [6.07, 6.45) is -1.14. The minimum atomic E-state index is -0.613. The zero-order valence-electron chi connectivity index (χ0n) is 39.5. The number of fused-ring (bicyclic) bond motifs is 16. The van der Waals surface area contributed by atoms with Gasteiger partial charge in [0, 0.05) is 58.9 Å². The van der Waals surface area contributed by atoms with Crippen LogP contribution in [0.1, 0.15) is 123 Å². The number of carbonyl (C=O) groups is 2. The van der Waals surface area contributed by atoms with Gasteiger partial charge in [0.1, 0.15) is 59.3 Å². The monoisotopic (exact) mass is 966 g/mol. The number of nitrogens with zero attached hydrogens (tertiary/aromatic N) is 2. The molecule has 0 saturated carbocycles. The van der Waals surface area contributed by atoms with Crippen LogP contribution < -0.4 is 22.1 Å². The van der Waals surface area contributed by atoms with Gasteiger partial charge in [0.15, 0.2) is 0 Å². The first-order valence-corrected chi connectivity index (χ1v) is 23.4. The molecule has 0 saturated heterocycles. The van der Waals surface area contributed by atoms with Crippen molar-refractivity contribution < 1.29 is 36.6 Å². The number of nitrogens with two attached hydrogens (primary N) is 2. The number of halogens is 4. The van der Waals surface area contributed by atoms with Crippen LogP contribution in [0.4, 0.5) is 29.2 Å². The molecule has 4 aliphatic rings. The number of hydrogen-bond donors (Lipinski definition) is 4. The molecule has 4 aliphatic heterocycles. The highest BCUT2D eigenvalue weighted by Crippen LogP contribution is 2.56. The van der Waals surface area contributed by atoms with E-state index < -0.39 is 23.3 Å². The summed E-state index contributed by atoms with van der Waals surface area (Å²) < 4.78 is 68.0. The summed E-state index contributed by atoms with van der Waals surface area (Å²) in [7, 11) is 0. The average Bonchev–Trinajstić information content (AvgIpc) is 4.12. The minimum absolute atomic E-state index is 0.182. The smallest absolute Gasteiger partial charge is 0.251 e. The number of nitrogens with one attached hydrogen (secondary N) is 2. The Bertz CT molecular complexity index is 3560. The van der Waals surface area contributed by atoms with E-state index in [1.165, 1.54) is 24.3 Å². The third-order valence-electron chi connectivity index (χ3n) is 14.2. The van der Waals surface area contributed by atoms with Crippen molar-refractivity contribution in [2.24, 2.45) is 0 Å². The summed E-state index contributed by atoms with van der Waals surface area (Å²) in [5.41, 5.74) is 28.0. The molecule has 4 unspecified atom stereocenters. The van der Waals surface area contributed by atoms with Crippen molar-refractivity contribution >= 4 is 23.5 Å². The van der Waals surface area contributed by atoms with E-state index in [1.807, 2.05) is 88.4 Å². The molecule has 0 radical (unpaired) electrons. The fourth-order valence-corrected chi connectivity index (χ4v) is 10.6. The highest BCUT2D eigenvalue weighted by molar-refractivity contribution is 5.95. The van der Waals surface area contributed by atoms with E-state index in [9.17, 15) is 27.2 Å². The van der Waals surface area contributed by atoms with Crippen LogP contribution in [-0.2, 0) is 22.6 Å². The van der Waals surface area contributed by atoms with Gasteiger partial charge in [-0.25, -0.2) is 27.5 Å². The first kappa shape index (κ1) is 46.2. The van der Waals surface area contributed by atoms with Crippen molar-refractivity contribution in [3.05, 3.63) is 234 Å². The number of aryl methyl sites for hydroxylation is 4. The number of ether oxygens (including phenoxy) is 2. The third-order valence-corrected chi connectivity index (χ3v) is 14.2. The van der Waals surface area contributed by atoms with Crippen molar-refractivity contribution in [2.45, 2.75) is 65.2 Å². The number of rotatable bonds is 8. The van der Waals surface area contributed by atoms with E-state index in [2.05, 4.69) is 20.6 Å². The maximum Gasteiger partial charge on any atom is 0.251 e.